The van der Waals surface area contributed by atoms with E-state index in [1.54, 1.807) is 90.4 Å². The molecule has 0 unspecified atom stereocenters. The van der Waals surface area contributed by atoms with Crippen molar-refractivity contribution in [2.75, 3.05) is 66.6 Å². The molecule has 4 aromatic carbocycles. The average molecular weight is 1360 g/mol. The maximum atomic E-state index is 13.0. The van der Waals surface area contributed by atoms with E-state index in [4.69, 9.17) is 4.74 Å². The first-order chi connectivity index (χ1) is 46.2. The number of likely N-dealkylation sites (tertiary alicyclic amines) is 4. The minimum atomic E-state index is -1.05. The Kier molecular flexibility index (Phi) is 24.2. The number of esters is 2. The molecule has 0 bridgehead atoms. The monoisotopic (exact) mass is 1360 g/mol. The van der Waals surface area contributed by atoms with Crippen molar-refractivity contribution in [3.8, 4) is 33.8 Å². The van der Waals surface area contributed by atoms with Crippen molar-refractivity contribution in [1.82, 2.24) is 44.9 Å². The molecule has 4 aromatic heterocycles. The number of aryl methyl sites for hydroxylation is 4. The lowest BCUT2D eigenvalue weighted by Crippen LogP contribution is -2.28. The summed E-state index contributed by atoms with van der Waals surface area (Å²) >= 11 is 3.31. The first-order valence-electron chi connectivity index (χ1n) is 32.1. The number of methoxy groups -OCH3 is 2. The van der Waals surface area contributed by atoms with E-state index >= 15 is 0 Å². The predicted molar refractivity (Wildman–Crippen MR) is 368 cm³/mol. The van der Waals surface area contributed by atoms with Crippen molar-refractivity contribution < 1.29 is 52.9 Å². The van der Waals surface area contributed by atoms with Crippen molar-refractivity contribution in [1.29, 1.82) is 0 Å². The summed E-state index contributed by atoms with van der Waals surface area (Å²) in [4.78, 5) is 123. The second-order valence-electron chi connectivity index (χ2n) is 24.1. The number of pyridine rings is 4. The highest BCUT2D eigenvalue weighted by atomic mass is 79.9. The Balaban J connectivity index is 0.000000153. The van der Waals surface area contributed by atoms with Gasteiger partial charge in [-0.2, -0.15) is 0 Å². The van der Waals surface area contributed by atoms with E-state index < -0.39 is 17.9 Å². The Labute approximate surface area is 567 Å². The first-order valence-corrected chi connectivity index (χ1v) is 32.8. The van der Waals surface area contributed by atoms with Crippen LogP contribution < -0.4 is 5.32 Å². The molecule has 0 spiro atoms. The number of benzene rings is 4. The molecular formula is C75H78BrN9O11. The van der Waals surface area contributed by atoms with Gasteiger partial charge in [0.25, 0.3) is 29.5 Å². The van der Waals surface area contributed by atoms with Crippen LogP contribution in [0.15, 0.2) is 151 Å². The Bertz CT molecular complexity index is 4120. The van der Waals surface area contributed by atoms with Crippen LogP contribution >= 0.6 is 15.9 Å². The number of nitrogens with one attached hydrogen (secondary N) is 1. The van der Waals surface area contributed by atoms with Crippen LogP contribution in [0, 0.1) is 27.7 Å². The summed E-state index contributed by atoms with van der Waals surface area (Å²) in [6.07, 6.45) is 15.2. The molecule has 4 aliphatic heterocycles. The lowest BCUT2D eigenvalue weighted by Gasteiger charge is -2.17. The van der Waals surface area contributed by atoms with Gasteiger partial charge in [0.05, 0.1) is 48.0 Å². The Morgan fingerprint density at radius 3 is 1.07 bits per heavy atom. The summed E-state index contributed by atoms with van der Waals surface area (Å²) in [6.45, 7) is 14.3. The standard InChI is InChI=1S/C25H26N4O2.C19H20N2O3.C18H18N2O3.C13H14BrNO3/c1-17-5-8-23(27-14-17)20-11-21(13-22(12-20)25(31)29-9-3-4-10-29)24(30)28-16-19-7-6-18(2)26-15-19;1-13-5-6-17(20-12-13)14-9-15(11-16(10-14)19(23)24-2)18(22)21-7-3-4-8-21;1-12-4-5-16(19-11-12)13-8-14(10-15(9-13)18(22)23)17(21)20-6-2-3-7-20;1-18-13(17)10-6-9(7-11(14)8-10)12(16)15-4-2-3-5-15/h5-8,11-15H,3-4,9-10,16H2,1-2H3,(H,28,30);5-6,9-12H,3-4,7-8H2,1-2H3;4-5,8-11H,2-3,6-7H2,1H3,(H,22,23);6-8H,2-5H2,1H3. The van der Waals surface area contributed by atoms with Crippen LogP contribution in [0.25, 0.3) is 33.8 Å². The quantitative estimate of drug-likeness (QED) is 0.102. The van der Waals surface area contributed by atoms with Crippen LogP contribution in [0.3, 0.4) is 0 Å². The van der Waals surface area contributed by atoms with Crippen molar-refractivity contribution in [2.45, 2.75) is 85.6 Å². The number of halogens is 1. The number of aromatic nitrogens is 4. The summed E-state index contributed by atoms with van der Waals surface area (Å²) in [7, 11) is 2.66. The summed E-state index contributed by atoms with van der Waals surface area (Å²) in [5.74, 6) is -2.40. The number of carboxylic acid groups (broad SMARTS) is 1. The maximum absolute atomic E-state index is 13.0. The summed E-state index contributed by atoms with van der Waals surface area (Å²) in [5.41, 5.74) is 12.5. The molecule has 0 radical (unpaired) electrons. The van der Waals surface area contributed by atoms with Crippen LogP contribution in [0.5, 0.6) is 0 Å². The average Bonchev–Trinajstić information content (AvgIpc) is 1.16. The summed E-state index contributed by atoms with van der Waals surface area (Å²) in [6, 6.07) is 35.4. The van der Waals surface area contributed by atoms with Gasteiger partial charge in [0.2, 0.25) is 0 Å². The van der Waals surface area contributed by atoms with E-state index in [-0.39, 0.29) is 35.1 Å². The number of carbonyl (C=O) groups is 8. The van der Waals surface area contributed by atoms with Crippen LogP contribution in [0.4, 0.5) is 0 Å². The molecule has 4 aliphatic rings. The molecule has 4 saturated heterocycles. The molecule has 2 N–H and O–H groups in total. The third-order valence-corrected chi connectivity index (χ3v) is 17.1. The maximum Gasteiger partial charge on any atom is 0.337 e. The second kappa shape index (κ2) is 33.2. The SMILES string of the molecule is COC(=O)c1cc(Br)cc(C(=O)N2CCCC2)c1.COC(=O)c1cc(C(=O)N2CCCC2)cc(-c2ccc(C)cn2)c1.Cc1ccc(-c2cc(C(=O)NCc3ccc(C)nc3)cc(C(=O)N3CCCC3)c2)nc1.Cc1ccc(-c2cc(C(=O)O)cc(C(=O)N3CCCC3)c2)nc1. The number of ether oxygens (including phenoxy) is 2. The predicted octanol–water partition coefficient (Wildman–Crippen LogP) is 12.5. The molecule has 96 heavy (non-hydrogen) atoms. The molecular weight excluding hydrogens is 1280 g/mol. The topological polar surface area (TPSA) is 252 Å². The summed E-state index contributed by atoms with van der Waals surface area (Å²) < 4.78 is 10.2. The number of rotatable bonds is 13. The molecule has 12 rings (SSSR count). The van der Waals surface area contributed by atoms with Crippen LogP contribution in [0.1, 0.15) is 162 Å². The van der Waals surface area contributed by atoms with Gasteiger partial charge in [-0.15, -0.1) is 0 Å². The fourth-order valence-corrected chi connectivity index (χ4v) is 11.8. The van der Waals surface area contributed by atoms with Gasteiger partial charge in [-0.1, -0.05) is 40.2 Å². The smallest absolute Gasteiger partial charge is 0.337 e. The zero-order valence-electron chi connectivity index (χ0n) is 54.9. The molecule has 5 amide bonds. The fourth-order valence-electron chi connectivity index (χ4n) is 11.4. The first kappa shape index (κ1) is 70.0. The minimum Gasteiger partial charge on any atom is -0.478 e. The van der Waals surface area contributed by atoms with Crippen molar-refractivity contribution >= 4 is 63.4 Å². The number of carbonyl (C=O) groups excluding carboxylic acids is 7. The number of carboxylic acids is 1. The number of hydrogen-bond acceptors (Lipinski definition) is 14. The molecule has 8 heterocycles. The van der Waals surface area contributed by atoms with Crippen molar-refractivity contribution in [3.63, 3.8) is 0 Å². The normalized spacial score (nSPS) is 13.9. The molecule has 0 saturated carbocycles. The largest absolute Gasteiger partial charge is 0.478 e. The molecule has 8 aromatic rings. The van der Waals surface area contributed by atoms with Crippen LogP contribution in [0.2, 0.25) is 0 Å². The van der Waals surface area contributed by atoms with Crippen molar-refractivity contribution in [3.05, 3.63) is 223 Å². The van der Waals surface area contributed by atoms with Gasteiger partial charge in [0.1, 0.15) is 0 Å². The minimum absolute atomic E-state index is 0.0287. The fraction of sp³-hybridized carbons (Fsp3) is 0.307. The van der Waals surface area contributed by atoms with Crippen molar-refractivity contribution in [2.24, 2.45) is 0 Å². The van der Waals surface area contributed by atoms with E-state index in [9.17, 15) is 43.5 Å². The zero-order valence-corrected chi connectivity index (χ0v) is 56.4. The highest BCUT2D eigenvalue weighted by molar-refractivity contribution is 9.10. The zero-order chi connectivity index (χ0) is 68.4. The number of hydrogen-bond donors (Lipinski definition) is 2. The van der Waals surface area contributed by atoms with E-state index in [1.165, 1.54) is 20.3 Å². The molecule has 4 fully saturated rings. The second-order valence-corrected chi connectivity index (χ2v) is 25.0. The Morgan fingerprint density at radius 1 is 0.406 bits per heavy atom. The molecule has 0 atom stereocenters. The molecule has 496 valence electrons. The van der Waals surface area contributed by atoms with E-state index in [2.05, 4.69) is 45.9 Å². The number of amides is 5. The van der Waals surface area contributed by atoms with Gasteiger partial charge in [-0.25, -0.2) is 14.4 Å². The van der Waals surface area contributed by atoms with Gasteiger partial charge in [-0.3, -0.25) is 43.9 Å². The molecule has 20 nitrogen and oxygen atoms in total. The van der Waals surface area contributed by atoms with E-state index in [1.807, 2.05) is 97.0 Å². The number of nitrogens with zero attached hydrogens (tertiary/aromatic N) is 8. The third kappa shape index (κ3) is 18.8. The van der Waals surface area contributed by atoms with E-state index in [0.717, 1.165) is 154 Å². The number of aromatic carboxylic acids is 1. The third-order valence-electron chi connectivity index (χ3n) is 16.7. The lowest BCUT2D eigenvalue weighted by molar-refractivity contribution is 0.0591. The van der Waals surface area contributed by atoms with Crippen LogP contribution in [-0.4, -0.2) is 159 Å². The summed E-state index contributed by atoms with van der Waals surface area (Å²) in [5, 5.41) is 12.3. The van der Waals surface area contributed by atoms with Crippen LogP contribution in [-0.2, 0) is 16.0 Å². The Hall–Kier alpha value is -10.3. The molecule has 0 aliphatic carbocycles. The van der Waals surface area contributed by atoms with Gasteiger partial charge in [-0.05, 0) is 198 Å². The van der Waals surface area contributed by atoms with E-state index in [0.29, 0.717) is 61.2 Å². The van der Waals surface area contributed by atoms with Gasteiger partial charge in [0, 0.05) is 138 Å². The highest BCUT2D eigenvalue weighted by Crippen LogP contribution is 2.28. The molecule has 21 heteroatoms. The van der Waals surface area contributed by atoms with Gasteiger partial charge in [0.15, 0.2) is 0 Å². The highest BCUT2D eigenvalue weighted by Gasteiger charge is 2.26. The lowest BCUT2D eigenvalue weighted by atomic mass is 10.0. The van der Waals surface area contributed by atoms with Gasteiger partial charge < -0.3 is 39.5 Å². The Morgan fingerprint density at radius 2 is 0.729 bits per heavy atom. The van der Waals surface area contributed by atoms with Gasteiger partial charge >= 0.3 is 17.9 Å².